The number of rotatable bonds is 4. The molecule has 4 rings (SSSR count). The zero-order valence-electron chi connectivity index (χ0n) is 16.6. The van der Waals surface area contributed by atoms with Crippen LogP contribution in [0.5, 0.6) is 0 Å². The van der Waals surface area contributed by atoms with Gasteiger partial charge in [0.1, 0.15) is 21.7 Å². The lowest BCUT2D eigenvalue weighted by Gasteiger charge is -2.53. The maximum atomic E-state index is 13.6. The van der Waals surface area contributed by atoms with Crippen molar-refractivity contribution in [3.8, 4) is 0 Å². The van der Waals surface area contributed by atoms with Crippen molar-refractivity contribution in [3.63, 3.8) is 0 Å². The quantitative estimate of drug-likeness (QED) is 0.346. The second-order valence-electron chi connectivity index (χ2n) is 7.98. The maximum absolute atomic E-state index is 13.6. The Morgan fingerprint density at radius 1 is 0.552 bits per heavy atom. The summed E-state index contributed by atoms with van der Waals surface area (Å²) in [6.45, 7) is 0. The number of hydrogen-bond donors (Lipinski definition) is 0. The molecule has 4 aliphatic carbocycles. The van der Waals surface area contributed by atoms with Crippen LogP contribution in [0.15, 0.2) is 0 Å². The molecule has 0 heterocycles. The molecule has 4 saturated carbocycles. The molecule has 0 aromatic heterocycles. The van der Waals surface area contributed by atoms with Crippen LogP contribution in [-0.4, -0.2) is 63.9 Å². The minimum Gasteiger partial charge on any atom is -0.468 e. The number of ether oxygens (including phenoxy) is 4. The third-order valence-corrected chi connectivity index (χ3v) is 6.83. The molecule has 0 N–H and O–H groups in total. The van der Waals surface area contributed by atoms with Crippen molar-refractivity contribution in [1.82, 2.24) is 0 Å². The fourth-order valence-corrected chi connectivity index (χ4v) is 5.69. The van der Waals surface area contributed by atoms with E-state index >= 15 is 0 Å². The molecule has 4 aliphatic rings. The van der Waals surface area contributed by atoms with Gasteiger partial charge in [0.25, 0.3) is 0 Å². The Bertz CT molecular complexity index is 778. The van der Waals surface area contributed by atoms with Crippen LogP contribution in [0.25, 0.3) is 0 Å². The molecule has 158 valence electrons. The van der Waals surface area contributed by atoms with Gasteiger partial charge < -0.3 is 18.9 Å². The van der Waals surface area contributed by atoms with Crippen molar-refractivity contribution < 1.29 is 47.7 Å². The molecule has 4 fully saturated rings. The summed E-state index contributed by atoms with van der Waals surface area (Å²) < 4.78 is 19.4. The fourth-order valence-electron chi connectivity index (χ4n) is 5.69. The molecular weight excluding hydrogens is 388 g/mol. The van der Waals surface area contributed by atoms with E-state index in [1.165, 1.54) is 0 Å². The van der Waals surface area contributed by atoms with Crippen LogP contribution in [0.3, 0.4) is 0 Å². The predicted octanol–water partition coefficient (Wildman–Crippen LogP) is -0.246. The molecule has 0 amide bonds. The van der Waals surface area contributed by atoms with Gasteiger partial charge >= 0.3 is 23.9 Å². The standard InChI is InChI=1S/C19H22O10/c1-26-12(22)16-5-6-17(13(23)27-2)8-19(10(16)20,15(25)29-4)9-18(7-16,11(17)21)14(24)28-3/h5-9H2,1-4H3. The summed E-state index contributed by atoms with van der Waals surface area (Å²) in [4.78, 5) is 78.7. The number of esters is 4. The second kappa shape index (κ2) is 6.36. The Morgan fingerprint density at radius 2 is 0.793 bits per heavy atom. The van der Waals surface area contributed by atoms with Crippen molar-refractivity contribution in [1.29, 1.82) is 0 Å². The van der Waals surface area contributed by atoms with Crippen molar-refractivity contribution >= 4 is 35.4 Å². The average Bonchev–Trinajstić information content (AvgIpc) is 2.87. The Kier molecular flexibility index (Phi) is 4.59. The predicted molar refractivity (Wildman–Crippen MR) is 90.9 cm³/mol. The first-order valence-electron chi connectivity index (χ1n) is 9.00. The van der Waals surface area contributed by atoms with Gasteiger partial charge in [0, 0.05) is 0 Å². The van der Waals surface area contributed by atoms with E-state index in [0.29, 0.717) is 0 Å². The van der Waals surface area contributed by atoms with E-state index in [9.17, 15) is 28.8 Å². The molecule has 0 saturated heterocycles. The summed E-state index contributed by atoms with van der Waals surface area (Å²) in [6.07, 6.45) is -2.11. The first-order valence-corrected chi connectivity index (χ1v) is 9.00. The van der Waals surface area contributed by atoms with Gasteiger partial charge in [0.05, 0.1) is 28.4 Å². The van der Waals surface area contributed by atoms with Gasteiger partial charge in [0.2, 0.25) is 0 Å². The van der Waals surface area contributed by atoms with Crippen LogP contribution >= 0.6 is 0 Å². The molecule has 10 nitrogen and oxygen atoms in total. The van der Waals surface area contributed by atoms with Crippen LogP contribution in [0.1, 0.15) is 32.1 Å². The van der Waals surface area contributed by atoms with Crippen molar-refractivity contribution in [2.45, 2.75) is 32.1 Å². The molecule has 0 radical (unpaired) electrons. The molecule has 4 unspecified atom stereocenters. The van der Waals surface area contributed by atoms with Gasteiger partial charge in [-0.2, -0.15) is 0 Å². The number of Topliss-reactive ketones (excluding diaryl/α,β-unsaturated/α-hetero) is 2. The van der Waals surface area contributed by atoms with Crippen LogP contribution < -0.4 is 0 Å². The monoisotopic (exact) mass is 410 g/mol. The highest BCUT2D eigenvalue weighted by atomic mass is 16.5. The Balaban J connectivity index is 2.43. The van der Waals surface area contributed by atoms with E-state index in [1.54, 1.807) is 0 Å². The SMILES string of the molecule is COC(=O)C12CCC3(C(=O)OC)CC(C(=O)OC)(CC(C(=O)OC)(C1)C3=O)C2=O. The number of carbonyl (C=O) groups excluding carboxylic acids is 6. The number of ketones is 2. The number of methoxy groups -OCH3 is 4. The molecule has 0 aromatic rings. The summed E-state index contributed by atoms with van der Waals surface area (Å²) in [5.41, 5.74) is -8.05. The smallest absolute Gasteiger partial charge is 0.319 e. The Morgan fingerprint density at radius 3 is 1.07 bits per heavy atom. The van der Waals surface area contributed by atoms with E-state index in [2.05, 4.69) is 0 Å². The summed E-state index contributed by atoms with van der Waals surface area (Å²) >= 11 is 0. The highest BCUT2D eigenvalue weighted by Gasteiger charge is 2.81. The van der Waals surface area contributed by atoms with Crippen LogP contribution in [0.4, 0.5) is 0 Å². The highest BCUT2D eigenvalue weighted by Crippen LogP contribution is 2.68. The molecule has 4 atom stereocenters. The van der Waals surface area contributed by atoms with E-state index in [-0.39, 0.29) is 12.8 Å². The lowest BCUT2D eigenvalue weighted by Crippen LogP contribution is -2.69. The van der Waals surface area contributed by atoms with Gasteiger partial charge in [-0.05, 0) is 32.1 Å². The van der Waals surface area contributed by atoms with Crippen LogP contribution in [0.2, 0.25) is 0 Å². The Hall–Kier alpha value is -2.78. The largest absolute Gasteiger partial charge is 0.468 e. The third-order valence-electron chi connectivity index (χ3n) is 6.83. The van der Waals surface area contributed by atoms with Crippen molar-refractivity contribution in [2.24, 2.45) is 21.7 Å². The van der Waals surface area contributed by atoms with Gasteiger partial charge in [-0.15, -0.1) is 0 Å². The van der Waals surface area contributed by atoms with E-state index in [0.717, 1.165) is 28.4 Å². The number of fused-ring (bicyclic) bond motifs is 1. The molecule has 0 aliphatic heterocycles. The fraction of sp³-hybridized carbons (Fsp3) is 0.684. The average molecular weight is 410 g/mol. The zero-order chi connectivity index (χ0) is 21.8. The highest BCUT2D eigenvalue weighted by molar-refractivity contribution is 6.25. The zero-order valence-corrected chi connectivity index (χ0v) is 16.6. The van der Waals surface area contributed by atoms with Crippen LogP contribution in [-0.2, 0) is 47.7 Å². The summed E-state index contributed by atoms with van der Waals surface area (Å²) in [5.74, 6) is -5.60. The Labute approximate surface area is 166 Å². The molecule has 0 spiro atoms. The van der Waals surface area contributed by atoms with Gasteiger partial charge in [-0.25, -0.2) is 0 Å². The molecule has 29 heavy (non-hydrogen) atoms. The topological polar surface area (TPSA) is 139 Å². The van der Waals surface area contributed by atoms with Crippen molar-refractivity contribution in [2.75, 3.05) is 28.4 Å². The normalized spacial score (nSPS) is 37.5. The maximum Gasteiger partial charge on any atom is 0.319 e. The third kappa shape index (κ3) is 2.22. The molecule has 4 bridgehead atoms. The number of hydrogen-bond acceptors (Lipinski definition) is 10. The van der Waals surface area contributed by atoms with E-state index < -0.39 is 76.4 Å². The first kappa shape index (κ1) is 20.9. The van der Waals surface area contributed by atoms with Gasteiger partial charge in [0.15, 0.2) is 11.6 Å². The van der Waals surface area contributed by atoms with Crippen molar-refractivity contribution in [3.05, 3.63) is 0 Å². The molecule has 10 heteroatoms. The van der Waals surface area contributed by atoms with Crippen LogP contribution in [0, 0.1) is 21.7 Å². The van der Waals surface area contributed by atoms with E-state index in [4.69, 9.17) is 18.9 Å². The van der Waals surface area contributed by atoms with E-state index in [1.807, 2.05) is 0 Å². The summed E-state index contributed by atoms with van der Waals surface area (Å²) in [5, 5.41) is 0. The lowest BCUT2D eigenvalue weighted by molar-refractivity contribution is -0.196. The second-order valence-corrected chi connectivity index (χ2v) is 7.98. The first-order chi connectivity index (χ1) is 13.6. The van der Waals surface area contributed by atoms with Gasteiger partial charge in [-0.3, -0.25) is 28.8 Å². The molecular formula is C19H22O10. The summed E-state index contributed by atoms with van der Waals surface area (Å²) in [6, 6.07) is 0. The minimum atomic E-state index is -2.06. The molecule has 0 aromatic carbocycles. The van der Waals surface area contributed by atoms with Gasteiger partial charge in [-0.1, -0.05) is 0 Å². The number of carbonyl (C=O) groups is 6. The lowest BCUT2D eigenvalue weighted by atomic mass is 9.44. The minimum absolute atomic E-state index is 0.253. The summed E-state index contributed by atoms with van der Waals surface area (Å²) in [7, 11) is 4.23.